The Kier molecular flexibility index (Phi) is 8.17. The van der Waals surface area contributed by atoms with Gasteiger partial charge in [0.25, 0.3) is 11.8 Å². The van der Waals surface area contributed by atoms with Crippen molar-refractivity contribution in [2.45, 2.75) is 31.7 Å². The molecule has 6 rings (SSSR count). The highest BCUT2D eigenvalue weighted by atomic mass is 16.5. The van der Waals surface area contributed by atoms with E-state index >= 15 is 0 Å². The first-order valence-electron chi connectivity index (χ1n) is 14.2. The second-order valence-corrected chi connectivity index (χ2v) is 10.6. The lowest BCUT2D eigenvalue weighted by atomic mass is 9.96. The maximum absolute atomic E-state index is 13.4. The molecule has 2 aromatic carbocycles. The molecule has 3 aromatic heterocycles. The number of amides is 2. The van der Waals surface area contributed by atoms with Crippen LogP contribution in [0.5, 0.6) is 0 Å². The number of nitrogens with zero attached hydrogens (tertiary/aromatic N) is 5. The molecule has 1 saturated heterocycles. The molecule has 4 heterocycles. The minimum Gasteiger partial charge on any atom is -0.380 e. The molecule has 0 spiro atoms. The number of piperidine rings is 1. The monoisotopic (exact) mass is 573 g/mol. The van der Waals surface area contributed by atoms with Gasteiger partial charge in [0.05, 0.1) is 11.3 Å². The molecule has 10 nitrogen and oxygen atoms in total. The third-order valence-corrected chi connectivity index (χ3v) is 7.62. The summed E-state index contributed by atoms with van der Waals surface area (Å²) in [6.45, 7) is 1.75. The molecule has 0 radical (unpaired) electrons. The van der Waals surface area contributed by atoms with Gasteiger partial charge in [0.15, 0.2) is 0 Å². The van der Waals surface area contributed by atoms with Crippen LogP contribution in [-0.4, -0.2) is 49.9 Å². The number of pyridine rings is 2. The van der Waals surface area contributed by atoms with Gasteiger partial charge in [0.2, 0.25) is 11.7 Å². The molecular formula is C33H31N7O3. The van der Waals surface area contributed by atoms with Gasteiger partial charge in [-0.1, -0.05) is 47.6 Å². The summed E-state index contributed by atoms with van der Waals surface area (Å²) in [5.74, 6) is 0.710. The molecule has 0 saturated carbocycles. The number of rotatable bonds is 9. The molecule has 0 unspecified atom stereocenters. The lowest BCUT2D eigenvalue weighted by Crippen LogP contribution is -2.38. The van der Waals surface area contributed by atoms with Crippen molar-refractivity contribution in [2.75, 3.05) is 18.4 Å². The number of hydrogen-bond donors (Lipinski definition) is 2. The van der Waals surface area contributed by atoms with Crippen molar-refractivity contribution in [1.82, 2.24) is 25.0 Å². The molecule has 1 fully saturated rings. The Bertz CT molecular complexity index is 1720. The SMILES string of the molecule is NC(=O)c1cnc(Cc2cccc(C(=O)N3CCC(c4nc(-c5ccncc5)no4)CC3)c2)cc1NCc1ccccc1. The fourth-order valence-electron chi connectivity index (χ4n) is 5.29. The fourth-order valence-corrected chi connectivity index (χ4v) is 5.29. The molecule has 216 valence electrons. The molecule has 0 bridgehead atoms. The molecule has 3 N–H and O–H groups in total. The van der Waals surface area contributed by atoms with Crippen molar-refractivity contribution in [1.29, 1.82) is 0 Å². The zero-order valence-corrected chi connectivity index (χ0v) is 23.5. The molecule has 1 aliphatic heterocycles. The lowest BCUT2D eigenvalue weighted by molar-refractivity contribution is 0.0704. The number of likely N-dealkylation sites (tertiary alicyclic amines) is 1. The predicted molar refractivity (Wildman–Crippen MR) is 161 cm³/mol. The van der Waals surface area contributed by atoms with Crippen LogP contribution < -0.4 is 11.1 Å². The first-order valence-corrected chi connectivity index (χ1v) is 14.2. The highest BCUT2D eigenvalue weighted by molar-refractivity contribution is 5.98. The number of hydrogen-bond acceptors (Lipinski definition) is 8. The molecular weight excluding hydrogens is 542 g/mol. The number of nitrogens with two attached hydrogens (primary N) is 1. The van der Waals surface area contributed by atoms with Crippen LogP contribution in [0.1, 0.15) is 62.2 Å². The molecule has 1 aliphatic rings. The van der Waals surface area contributed by atoms with Crippen LogP contribution >= 0.6 is 0 Å². The Morgan fingerprint density at radius 2 is 1.72 bits per heavy atom. The normalized spacial score (nSPS) is 13.5. The Morgan fingerprint density at radius 1 is 0.953 bits per heavy atom. The van der Waals surface area contributed by atoms with Gasteiger partial charge in [0.1, 0.15) is 0 Å². The van der Waals surface area contributed by atoms with Gasteiger partial charge in [-0.25, -0.2) is 0 Å². The van der Waals surface area contributed by atoms with Gasteiger partial charge in [0, 0.05) is 67.4 Å². The maximum Gasteiger partial charge on any atom is 0.253 e. The van der Waals surface area contributed by atoms with Gasteiger partial charge < -0.3 is 20.5 Å². The number of aromatic nitrogens is 4. The zero-order chi connectivity index (χ0) is 29.6. The van der Waals surface area contributed by atoms with Crippen LogP contribution in [0, 0.1) is 0 Å². The summed E-state index contributed by atoms with van der Waals surface area (Å²) >= 11 is 0. The minimum atomic E-state index is -0.542. The van der Waals surface area contributed by atoms with E-state index < -0.39 is 5.91 Å². The van der Waals surface area contributed by atoms with Crippen LogP contribution in [0.15, 0.2) is 95.9 Å². The number of primary amides is 1. The smallest absolute Gasteiger partial charge is 0.253 e. The van der Waals surface area contributed by atoms with Crippen molar-refractivity contribution >= 4 is 17.5 Å². The molecule has 43 heavy (non-hydrogen) atoms. The highest BCUT2D eigenvalue weighted by Gasteiger charge is 2.28. The number of carbonyl (C=O) groups is 2. The topological polar surface area (TPSA) is 140 Å². The molecule has 2 amide bonds. The number of benzene rings is 2. The number of nitrogens with one attached hydrogen (secondary N) is 1. The summed E-state index contributed by atoms with van der Waals surface area (Å²) in [5, 5.41) is 7.44. The largest absolute Gasteiger partial charge is 0.380 e. The maximum atomic E-state index is 13.4. The molecule has 0 atom stereocenters. The van der Waals surface area contributed by atoms with Crippen LogP contribution in [0.3, 0.4) is 0 Å². The van der Waals surface area contributed by atoms with Gasteiger partial charge in [-0.2, -0.15) is 4.98 Å². The van der Waals surface area contributed by atoms with E-state index in [0.717, 1.165) is 35.2 Å². The zero-order valence-electron chi connectivity index (χ0n) is 23.5. The van der Waals surface area contributed by atoms with Gasteiger partial charge in [-0.3, -0.25) is 19.6 Å². The Balaban J connectivity index is 1.09. The summed E-state index contributed by atoms with van der Waals surface area (Å²) in [7, 11) is 0. The van der Waals surface area contributed by atoms with E-state index in [1.54, 1.807) is 12.4 Å². The van der Waals surface area contributed by atoms with Gasteiger partial charge in [-0.15, -0.1) is 0 Å². The van der Waals surface area contributed by atoms with Crippen LogP contribution in [0.4, 0.5) is 5.69 Å². The standard InChI is InChI=1S/C33H31N7O3/c34-30(41)28-21-36-27(19-29(28)37-20-22-5-2-1-3-6-22)18-23-7-4-8-26(17-23)33(42)40-15-11-25(12-16-40)32-38-31(39-43-32)24-9-13-35-14-10-24/h1-10,13-14,17,19,21,25H,11-12,15-16,18,20H2,(H2,34,41)(H,36,37). The van der Waals surface area contributed by atoms with Crippen molar-refractivity contribution in [3.63, 3.8) is 0 Å². The summed E-state index contributed by atoms with van der Waals surface area (Å²) in [6.07, 6.45) is 6.90. The van der Waals surface area contributed by atoms with E-state index in [2.05, 4.69) is 25.4 Å². The Morgan fingerprint density at radius 3 is 2.49 bits per heavy atom. The lowest BCUT2D eigenvalue weighted by Gasteiger charge is -2.30. The van der Waals surface area contributed by atoms with E-state index in [0.29, 0.717) is 54.6 Å². The van der Waals surface area contributed by atoms with Crippen LogP contribution in [0.25, 0.3) is 11.4 Å². The Hall–Kier alpha value is -5.38. The molecule has 0 aliphatic carbocycles. The Labute approximate surface area is 249 Å². The average molecular weight is 574 g/mol. The highest BCUT2D eigenvalue weighted by Crippen LogP contribution is 2.29. The van der Waals surface area contributed by atoms with E-state index in [4.69, 9.17) is 10.3 Å². The quantitative estimate of drug-likeness (QED) is 0.255. The van der Waals surface area contributed by atoms with Crippen molar-refractivity contribution in [2.24, 2.45) is 5.73 Å². The van der Waals surface area contributed by atoms with Crippen LogP contribution in [-0.2, 0) is 13.0 Å². The van der Waals surface area contributed by atoms with E-state index in [9.17, 15) is 9.59 Å². The van der Waals surface area contributed by atoms with Crippen molar-refractivity contribution in [3.05, 3.63) is 125 Å². The van der Waals surface area contributed by atoms with Crippen molar-refractivity contribution in [3.8, 4) is 11.4 Å². The van der Waals surface area contributed by atoms with Gasteiger partial charge >= 0.3 is 0 Å². The predicted octanol–water partition coefficient (Wildman–Crippen LogP) is 4.85. The fraction of sp³-hybridized carbons (Fsp3) is 0.212. The second kappa shape index (κ2) is 12.6. The first-order chi connectivity index (χ1) is 21.0. The third-order valence-electron chi connectivity index (χ3n) is 7.62. The molecule has 5 aromatic rings. The average Bonchev–Trinajstić information content (AvgIpc) is 3.55. The van der Waals surface area contributed by atoms with Crippen LogP contribution in [0.2, 0.25) is 0 Å². The first kappa shape index (κ1) is 27.8. The third kappa shape index (κ3) is 6.59. The van der Waals surface area contributed by atoms with Gasteiger partial charge in [-0.05, 0) is 54.3 Å². The molecule has 10 heteroatoms. The number of carbonyl (C=O) groups excluding carboxylic acids is 2. The summed E-state index contributed by atoms with van der Waals surface area (Å²) in [4.78, 5) is 40.4. The van der Waals surface area contributed by atoms with E-state index in [1.165, 1.54) is 6.20 Å². The van der Waals surface area contributed by atoms with Crippen molar-refractivity contribution < 1.29 is 14.1 Å². The summed E-state index contributed by atoms with van der Waals surface area (Å²) in [6, 6.07) is 23.1. The van der Waals surface area contributed by atoms with E-state index in [1.807, 2.05) is 77.7 Å². The number of anilines is 1. The second-order valence-electron chi connectivity index (χ2n) is 10.6. The summed E-state index contributed by atoms with van der Waals surface area (Å²) in [5.41, 5.74) is 10.8. The summed E-state index contributed by atoms with van der Waals surface area (Å²) < 4.78 is 5.56. The minimum absolute atomic E-state index is 0.00874. The van der Waals surface area contributed by atoms with E-state index in [-0.39, 0.29) is 11.8 Å².